The van der Waals surface area contributed by atoms with Gasteiger partial charge in [0.25, 0.3) is 0 Å². The van der Waals surface area contributed by atoms with E-state index < -0.39 is 0 Å². The predicted octanol–water partition coefficient (Wildman–Crippen LogP) is 3.10. The SMILES string of the molecule is CCCCCCNC(=NCC(=O)NCCc1ccccc1)NCC.I. The number of hydrogen-bond donors (Lipinski definition) is 3. The van der Waals surface area contributed by atoms with Crippen molar-refractivity contribution in [2.45, 2.75) is 46.0 Å². The average Bonchev–Trinajstić information content (AvgIpc) is 2.60. The zero-order chi connectivity index (χ0) is 17.5. The first-order chi connectivity index (χ1) is 11.8. The first-order valence-corrected chi connectivity index (χ1v) is 9.09. The molecular formula is C19H33IN4O. The van der Waals surface area contributed by atoms with Gasteiger partial charge in [0.2, 0.25) is 5.91 Å². The van der Waals surface area contributed by atoms with Gasteiger partial charge in [-0.3, -0.25) is 4.79 Å². The van der Waals surface area contributed by atoms with E-state index in [0.29, 0.717) is 12.5 Å². The van der Waals surface area contributed by atoms with E-state index in [-0.39, 0.29) is 36.4 Å². The van der Waals surface area contributed by atoms with Crippen molar-refractivity contribution in [3.8, 4) is 0 Å². The highest BCUT2D eigenvalue weighted by atomic mass is 127. The maximum atomic E-state index is 11.9. The molecule has 1 aromatic rings. The number of nitrogens with zero attached hydrogens (tertiary/aromatic N) is 1. The predicted molar refractivity (Wildman–Crippen MR) is 117 cm³/mol. The number of hydrogen-bond acceptors (Lipinski definition) is 2. The Morgan fingerprint density at radius 2 is 1.72 bits per heavy atom. The van der Waals surface area contributed by atoms with E-state index in [4.69, 9.17) is 0 Å². The Kier molecular flexibility index (Phi) is 15.3. The summed E-state index contributed by atoms with van der Waals surface area (Å²) in [5, 5.41) is 9.36. The lowest BCUT2D eigenvalue weighted by Crippen LogP contribution is -2.39. The molecule has 0 aliphatic rings. The van der Waals surface area contributed by atoms with Gasteiger partial charge in [0.05, 0.1) is 0 Å². The molecule has 142 valence electrons. The molecule has 0 spiro atoms. The molecule has 0 atom stereocenters. The van der Waals surface area contributed by atoms with Gasteiger partial charge in [-0.1, -0.05) is 56.5 Å². The third kappa shape index (κ3) is 12.7. The zero-order valence-electron chi connectivity index (χ0n) is 15.5. The van der Waals surface area contributed by atoms with Crippen molar-refractivity contribution in [2.24, 2.45) is 4.99 Å². The molecule has 5 nitrogen and oxygen atoms in total. The van der Waals surface area contributed by atoms with Crippen LogP contribution in [0.5, 0.6) is 0 Å². The molecule has 0 saturated heterocycles. The summed E-state index contributed by atoms with van der Waals surface area (Å²) >= 11 is 0. The van der Waals surface area contributed by atoms with Crippen LogP contribution in [0.2, 0.25) is 0 Å². The van der Waals surface area contributed by atoms with E-state index in [1.807, 2.05) is 25.1 Å². The number of aliphatic imine (C=N–C) groups is 1. The third-order valence-electron chi connectivity index (χ3n) is 3.63. The van der Waals surface area contributed by atoms with Gasteiger partial charge in [0, 0.05) is 19.6 Å². The van der Waals surface area contributed by atoms with Gasteiger partial charge in [0.15, 0.2) is 5.96 Å². The van der Waals surface area contributed by atoms with Crippen LogP contribution in [0.15, 0.2) is 35.3 Å². The topological polar surface area (TPSA) is 65.5 Å². The Labute approximate surface area is 169 Å². The molecule has 0 aliphatic heterocycles. The molecule has 6 heteroatoms. The summed E-state index contributed by atoms with van der Waals surface area (Å²) in [5.41, 5.74) is 1.23. The molecule has 1 aromatic carbocycles. The molecule has 1 rings (SSSR count). The van der Waals surface area contributed by atoms with Gasteiger partial charge >= 0.3 is 0 Å². The van der Waals surface area contributed by atoms with E-state index in [9.17, 15) is 4.79 Å². The van der Waals surface area contributed by atoms with Gasteiger partial charge in [-0.25, -0.2) is 4.99 Å². The highest BCUT2D eigenvalue weighted by molar-refractivity contribution is 14.0. The molecule has 25 heavy (non-hydrogen) atoms. The van der Waals surface area contributed by atoms with Gasteiger partial charge < -0.3 is 16.0 Å². The number of guanidine groups is 1. The van der Waals surface area contributed by atoms with E-state index in [1.165, 1.54) is 24.8 Å². The minimum atomic E-state index is -0.0471. The van der Waals surface area contributed by atoms with Crippen LogP contribution < -0.4 is 16.0 Å². The first-order valence-electron chi connectivity index (χ1n) is 9.09. The fraction of sp³-hybridized carbons (Fsp3) is 0.579. The molecule has 0 radical (unpaired) electrons. The third-order valence-corrected chi connectivity index (χ3v) is 3.63. The van der Waals surface area contributed by atoms with Crippen molar-refractivity contribution in [3.63, 3.8) is 0 Å². The standard InChI is InChI=1S/C19H32N4O.HI/c1-3-5-6-10-14-22-19(20-4-2)23-16-18(24)21-15-13-17-11-8-7-9-12-17;/h7-9,11-12H,3-6,10,13-16H2,1-2H3,(H,21,24)(H2,20,22,23);1H. The van der Waals surface area contributed by atoms with Crippen LogP contribution in [0.3, 0.4) is 0 Å². The average molecular weight is 460 g/mol. The monoisotopic (exact) mass is 460 g/mol. The number of halogens is 1. The van der Waals surface area contributed by atoms with Crippen molar-refractivity contribution in [3.05, 3.63) is 35.9 Å². The lowest BCUT2D eigenvalue weighted by Gasteiger charge is -2.11. The van der Waals surface area contributed by atoms with Crippen LogP contribution in [-0.2, 0) is 11.2 Å². The van der Waals surface area contributed by atoms with Gasteiger partial charge in [0.1, 0.15) is 6.54 Å². The minimum Gasteiger partial charge on any atom is -0.357 e. The number of amides is 1. The molecule has 0 unspecified atom stereocenters. The van der Waals surface area contributed by atoms with E-state index >= 15 is 0 Å². The molecule has 0 heterocycles. The summed E-state index contributed by atoms with van der Waals surface area (Å²) in [6.07, 6.45) is 5.69. The summed E-state index contributed by atoms with van der Waals surface area (Å²) in [4.78, 5) is 16.2. The van der Waals surface area contributed by atoms with Crippen molar-refractivity contribution < 1.29 is 4.79 Å². The molecule has 0 fully saturated rings. The van der Waals surface area contributed by atoms with E-state index in [0.717, 1.165) is 25.9 Å². The number of carbonyl (C=O) groups is 1. The van der Waals surface area contributed by atoms with Crippen molar-refractivity contribution in [2.75, 3.05) is 26.2 Å². The molecule has 1 amide bonds. The Balaban J connectivity index is 0.00000576. The van der Waals surface area contributed by atoms with Gasteiger partial charge in [-0.15, -0.1) is 24.0 Å². The second kappa shape index (κ2) is 16.2. The molecule has 3 N–H and O–H groups in total. The van der Waals surface area contributed by atoms with Crippen molar-refractivity contribution >= 4 is 35.8 Å². The lowest BCUT2D eigenvalue weighted by molar-refractivity contribution is -0.119. The Morgan fingerprint density at radius 1 is 0.960 bits per heavy atom. The summed E-state index contributed by atoms with van der Waals surface area (Å²) in [6.45, 7) is 6.69. The fourth-order valence-corrected chi connectivity index (χ4v) is 2.30. The Bertz CT molecular complexity index is 480. The highest BCUT2D eigenvalue weighted by Crippen LogP contribution is 1.98. The largest absolute Gasteiger partial charge is 0.357 e. The normalized spacial score (nSPS) is 10.7. The zero-order valence-corrected chi connectivity index (χ0v) is 17.8. The second-order valence-electron chi connectivity index (χ2n) is 5.77. The number of unbranched alkanes of at least 4 members (excludes halogenated alkanes) is 3. The van der Waals surface area contributed by atoms with Crippen LogP contribution in [0.4, 0.5) is 0 Å². The Hall–Kier alpha value is -1.31. The maximum absolute atomic E-state index is 11.9. The molecule has 0 aliphatic carbocycles. The lowest BCUT2D eigenvalue weighted by atomic mass is 10.1. The molecule has 0 aromatic heterocycles. The van der Waals surface area contributed by atoms with Crippen molar-refractivity contribution in [1.29, 1.82) is 0 Å². The quantitative estimate of drug-likeness (QED) is 0.206. The first kappa shape index (κ1) is 23.7. The second-order valence-corrected chi connectivity index (χ2v) is 5.77. The van der Waals surface area contributed by atoms with Crippen LogP contribution >= 0.6 is 24.0 Å². The van der Waals surface area contributed by atoms with Crippen LogP contribution in [0.25, 0.3) is 0 Å². The van der Waals surface area contributed by atoms with Crippen LogP contribution in [-0.4, -0.2) is 38.0 Å². The summed E-state index contributed by atoms with van der Waals surface area (Å²) in [7, 11) is 0. The summed E-state index contributed by atoms with van der Waals surface area (Å²) in [5.74, 6) is 0.668. The molecule has 0 saturated carbocycles. The van der Waals surface area contributed by atoms with Crippen LogP contribution in [0, 0.1) is 0 Å². The molecule has 0 bridgehead atoms. The van der Waals surface area contributed by atoms with Gasteiger partial charge in [-0.05, 0) is 25.3 Å². The number of carbonyl (C=O) groups excluding carboxylic acids is 1. The highest BCUT2D eigenvalue weighted by Gasteiger charge is 2.02. The number of nitrogens with one attached hydrogen (secondary N) is 3. The van der Waals surface area contributed by atoms with Crippen molar-refractivity contribution in [1.82, 2.24) is 16.0 Å². The summed E-state index contributed by atoms with van der Waals surface area (Å²) < 4.78 is 0. The summed E-state index contributed by atoms with van der Waals surface area (Å²) in [6, 6.07) is 10.1. The fourth-order valence-electron chi connectivity index (χ4n) is 2.30. The number of rotatable bonds is 11. The maximum Gasteiger partial charge on any atom is 0.241 e. The van der Waals surface area contributed by atoms with E-state index in [1.54, 1.807) is 0 Å². The van der Waals surface area contributed by atoms with E-state index in [2.05, 4.69) is 40.0 Å². The van der Waals surface area contributed by atoms with Crippen LogP contribution in [0.1, 0.15) is 45.1 Å². The van der Waals surface area contributed by atoms with Gasteiger partial charge in [-0.2, -0.15) is 0 Å². The Morgan fingerprint density at radius 3 is 2.40 bits per heavy atom. The molecular weight excluding hydrogens is 427 g/mol. The number of benzene rings is 1. The minimum absolute atomic E-state index is 0. The smallest absolute Gasteiger partial charge is 0.241 e.